The van der Waals surface area contributed by atoms with Gasteiger partial charge in [-0.25, -0.2) is 4.39 Å². The largest absolute Gasteiger partial charge is 0.337 e. The van der Waals surface area contributed by atoms with Gasteiger partial charge in [0.1, 0.15) is 17.1 Å². The van der Waals surface area contributed by atoms with E-state index in [-0.39, 0.29) is 11.4 Å². The van der Waals surface area contributed by atoms with Crippen LogP contribution in [0.15, 0.2) is 47.1 Å². The minimum Gasteiger partial charge on any atom is -0.337 e. The van der Waals surface area contributed by atoms with Crippen molar-refractivity contribution in [3.8, 4) is 22.6 Å². The van der Waals surface area contributed by atoms with Gasteiger partial charge < -0.3 is 4.52 Å². The van der Waals surface area contributed by atoms with Gasteiger partial charge in [-0.2, -0.15) is 4.98 Å². The lowest BCUT2D eigenvalue weighted by molar-refractivity contribution is 0.208. The average Bonchev–Trinajstić information content (AvgIpc) is 3.26. The van der Waals surface area contributed by atoms with E-state index in [0.29, 0.717) is 17.4 Å². The summed E-state index contributed by atoms with van der Waals surface area (Å²) in [6.45, 7) is 0. The van der Waals surface area contributed by atoms with Crippen molar-refractivity contribution >= 4 is 0 Å². The van der Waals surface area contributed by atoms with E-state index in [1.54, 1.807) is 12.3 Å². The van der Waals surface area contributed by atoms with Crippen molar-refractivity contribution in [1.82, 2.24) is 20.0 Å². The molecule has 5 nitrogen and oxygen atoms in total. The fraction of sp³-hybridized carbons (Fsp3) is 0.278. The molecule has 6 heteroatoms. The van der Waals surface area contributed by atoms with Gasteiger partial charge in [-0.05, 0) is 50.7 Å². The van der Waals surface area contributed by atoms with E-state index in [2.05, 4.69) is 20.0 Å². The standard InChI is InChI=1S/C18H17FN4O/c1-23(2)18(8-9-18)17-21-16(22-24-17)15-7-6-13(11-20-15)12-4-3-5-14(19)10-12/h3-7,10-11H,8-9H2,1-2H3. The van der Waals surface area contributed by atoms with Crippen LogP contribution in [0, 0.1) is 5.82 Å². The normalized spacial score (nSPS) is 15.7. The monoisotopic (exact) mass is 324 g/mol. The third-order valence-electron chi connectivity index (χ3n) is 4.55. The molecule has 0 radical (unpaired) electrons. The average molecular weight is 324 g/mol. The first kappa shape index (κ1) is 15.0. The lowest BCUT2D eigenvalue weighted by Gasteiger charge is -2.18. The Hall–Kier alpha value is -2.60. The predicted molar refractivity (Wildman–Crippen MR) is 87.5 cm³/mol. The van der Waals surface area contributed by atoms with Gasteiger partial charge in [0.15, 0.2) is 0 Å². The molecule has 0 atom stereocenters. The Labute approximate surface area is 139 Å². The fourth-order valence-corrected chi connectivity index (χ4v) is 2.85. The van der Waals surface area contributed by atoms with E-state index in [4.69, 9.17) is 4.52 Å². The minimum atomic E-state index is -0.266. The smallest absolute Gasteiger partial charge is 0.247 e. The van der Waals surface area contributed by atoms with Gasteiger partial charge in [0.2, 0.25) is 11.7 Å². The first-order valence-electron chi connectivity index (χ1n) is 7.82. The molecule has 4 rings (SSSR count). The van der Waals surface area contributed by atoms with Gasteiger partial charge in [-0.1, -0.05) is 23.4 Å². The van der Waals surface area contributed by atoms with Crippen LogP contribution in [0.1, 0.15) is 18.7 Å². The van der Waals surface area contributed by atoms with E-state index >= 15 is 0 Å². The molecule has 3 aromatic rings. The highest BCUT2D eigenvalue weighted by molar-refractivity contribution is 5.64. The van der Waals surface area contributed by atoms with Crippen LogP contribution in [-0.4, -0.2) is 34.1 Å². The second kappa shape index (κ2) is 5.49. The van der Waals surface area contributed by atoms with Crippen LogP contribution in [0.25, 0.3) is 22.6 Å². The number of pyridine rings is 1. The van der Waals surface area contributed by atoms with E-state index < -0.39 is 0 Å². The summed E-state index contributed by atoms with van der Waals surface area (Å²) in [5.74, 6) is 0.847. The van der Waals surface area contributed by atoms with Crippen LogP contribution in [-0.2, 0) is 5.54 Å². The van der Waals surface area contributed by atoms with Gasteiger partial charge in [0, 0.05) is 11.8 Å². The molecule has 1 aliphatic rings. The minimum absolute atomic E-state index is 0.118. The van der Waals surface area contributed by atoms with E-state index in [0.717, 1.165) is 24.0 Å². The van der Waals surface area contributed by atoms with E-state index in [9.17, 15) is 4.39 Å². The lowest BCUT2D eigenvalue weighted by Crippen LogP contribution is -2.27. The second-order valence-electron chi connectivity index (χ2n) is 6.29. The summed E-state index contributed by atoms with van der Waals surface area (Å²) in [5.41, 5.74) is 2.15. The molecule has 0 saturated heterocycles. The van der Waals surface area contributed by atoms with E-state index in [1.165, 1.54) is 12.1 Å². The Balaban J connectivity index is 1.61. The number of hydrogen-bond donors (Lipinski definition) is 0. The molecular weight excluding hydrogens is 307 g/mol. The molecule has 1 saturated carbocycles. The van der Waals surface area contributed by atoms with Crippen LogP contribution in [0.3, 0.4) is 0 Å². The second-order valence-corrected chi connectivity index (χ2v) is 6.29. The fourth-order valence-electron chi connectivity index (χ4n) is 2.85. The molecule has 122 valence electrons. The van der Waals surface area contributed by atoms with E-state index in [1.807, 2.05) is 32.3 Å². The number of aromatic nitrogens is 3. The lowest BCUT2D eigenvalue weighted by atomic mass is 10.1. The third kappa shape index (κ3) is 2.49. The molecule has 0 aliphatic heterocycles. The van der Waals surface area contributed by atoms with Crippen LogP contribution < -0.4 is 0 Å². The molecule has 0 N–H and O–H groups in total. The highest BCUT2D eigenvalue weighted by Gasteiger charge is 2.51. The molecular formula is C18H17FN4O. The maximum Gasteiger partial charge on any atom is 0.247 e. The highest BCUT2D eigenvalue weighted by atomic mass is 19.1. The molecule has 0 unspecified atom stereocenters. The number of hydrogen-bond acceptors (Lipinski definition) is 5. The van der Waals surface area contributed by atoms with Crippen molar-refractivity contribution in [2.24, 2.45) is 0 Å². The Bertz CT molecular complexity index is 869. The molecule has 0 bridgehead atoms. The molecule has 1 fully saturated rings. The Kier molecular flexibility index (Phi) is 3.42. The molecule has 0 amide bonds. The van der Waals surface area contributed by atoms with Crippen molar-refractivity contribution in [3.63, 3.8) is 0 Å². The first-order valence-corrected chi connectivity index (χ1v) is 7.82. The maximum absolute atomic E-state index is 13.3. The van der Waals surface area contributed by atoms with Crippen LogP contribution in [0.5, 0.6) is 0 Å². The third-order valence-corrected chi connectivity index (χ3v) is 4.55. The van der Waals surface area contributed by atoms with Gasteiger partial charge >= 0.3 is 0 Å². The predicted octanol–water partition coefficient (Wildman–Crippen LogP) is 3.49. The van der Waals surface area contributed by atoms with Gasteiger partial charge in [0.25, 0.3) is 0 Å². The van der Waals surface area contributed by atoms with Crippen molar-refractivity contribution in [1.29, 1.82) is 0 Å². The quantitative estimate of drug-likeness (QED) is 0.735. The maximum atomic E-state index is 13.3. The zero-order chi connectivity index (χ0) is 16.7. The van der Waals surface area contributed by atoms with Crippen molar-refractivity contribution in [3.05, 3.63) is 54.3 Å². The van der Waals surface area contributed by atoms with Gasteiger partial charge in [0.05, 0.1) is 0 Å². The number of nitrogens with zero attached hydrogens (tertiary/aromatic N) is 4. The number of benzene rings is 1. The van der Waals surface area contributed by atoms with Crippen molar-refractivity contribution in [2.75, 3.05) is 14.1 Å². The summed E-state index contributed by atoms with van der Waals surface area (Å²) in [7, 11) is 4.03. The molecule has 0 spiro atoms. The topological polar surface area (TPSA) is 55.1 Å². The Morgan fingerprint density at radius 1 is 1.12 bits per heavy atom. The molecule has 24 heavy (non-hydrogen) atoms. The summed E-state index contributed by atoms with van der Waals surface area (Å²) in [6.07, 6.45) is 3.74. The zero-order valence-corrected chi connectivity index (χ0v) is 13.5. The summed E-state index contributed by atoms with van der Waals surface area (Å²) in [5, 5.41) is 4.06. The van der Waals surface area contributed by atoms with Crippen molar-refractivity contribution < 1.29 is 8.91 Å². The summed E-state index contributed by atoms with van der Waals surface area (Å²) >= 11 is 0. The van der Waals surface area contributed by atoms with Gasteiger partial charge in [-0.3, -0.25) is 9.88 Å². The van der Waals surface area contributed by atoms with Crippen molar-refractivity contribution in [2.45, 2.75) is 18.4 Å². The Morgan fingerprint density at radius 3 is 2.58 bits per heavy atom. The van der Waals surface area contributed by atoms with Crippen LogP contribution >= 0.6 is 0 Å². The number of rotatable bonds is 4. The molecule has 2 aromatic heterocycles. The molecule has 1 aliphatic carbocycles. The SMILES string of the molecule is CN(C)C1(c2nc(-c3ccc(-c4cccc(F)c4)cn3)no2)CC1. The number of halogens is 1. The van der Waals surface area contributed by atoms with Crippen LogP contribution in [0.2, 0.25) is 0 Å². The zero-order valence-electron chi connectivity index (χ0n) is 13.5. The summed E-state index contributed by atoms with van der Waals surface area (Å²) < 4.78 is 18.8. The Morgan fingerprint density at radius 2 is 1.96 bits per heavy atom. The summed E-state index contributed by atoms with van der Waals surface area (Å²) in [4.78, 5) is 11.0. The molecule has 2 heterocycles. The summed E-state index contributed by atoms with van der Waals surface area (Å²) in [6, 6.07) is 10.1. The van der Waals surface area contributed by atoms with Crippen LogP contribution in [0.4, 0.5) is 4.39 Å². The highest BCUT2D eigenvalue weighted by Crippen LogP contribution is 2.49. The molecule has 1 aromatic carbocycles. The first-order chi connectivity index (χ1) is 11.6. The van der Waals surface area contributed by atoms with Gasteiger partial charge in [-0.15, -0.1) is 0 Å².